The number of thioether (sulfide) groups is 1. The monoisotopic (exact) mass is 366 g/mol. The fourth-order valence-corrected chi connectivity index (χ4v) is 2.67. The highest BCUT2D eigenvalue weighted by Crippen LogP contribution is 2.24. The molecule has 0 bridgehead atoms. The van der Waals surface area contributed by atoms with E-state index in [-0.39, 0.29) is 18.7 Å². The van der Waals surface area contributed by atoms with Gasteiger partial charge in [0.2, 0.25) is 11.8 Å². The molecule has 134 valence electrons. The molecule has 0 saturated carbocycles. The molecule has 0 aliphatic heterocycles. The number of primary amides is 1. The molecule has 0 fully saturated rings. The third kappa shape index (κ3) is 5.35. The summed E-state index contributed by atoms with van der Waals surface area (Å²) in [5.74, 6) is -0.0678. The Morgan fingerprint density at radius 2 is 2.16 bits per heavy atom. The molecule has 0 atom stereocenters. The summed E-state index contributed by atoms with van der Waals surface area (Å²) >= 11 is 1.09. The predicted octanol–water partition coefficient (Wildman–Crippen LogP) is 0.351. The number of carbonyl (C=O) groups is 3. The van der Waals surface area contributed by atoms with Crippen LogP contribution in [0.5, 0.6) is 0 Å². The van der Waals surface area contributed by atoms with E-state index in [1.54, 1.807) is 23.6 Å². The molecule has 0 aliphatic carbocycles. The van der Waals surface area contributed by atoms with Gasteiger partial charge in [0.25, 0.3) is 0 Å². The first-order valence-electron chi connectivity index (χ1n) is 7.47. The van der Waals surface area contributed by atoms with Crippen LogP contribution in [0, 0.1) is 0 Å². The van der Waals surface area contributed by atoms with E-state index in [1.807, 2.05) is 0 Å². The van der Waals surface area contributed by atoms with Crippen LogP contribution in [-0.4, -0.2) is 44.9 Å². The molecule has 0 radical (unpaired) electrons. The normalized spacial score (nSPS) is 10.4. The van der Waals surface area contributed by atoms with Crippen molar-refractivity contribution in [1.82, 2.24) is 25.4 Å². The zero-order valence-corrected chi connectivity index (χ0v) is 14.3. The minimum absolute atomic E-state index is 0.0377. The number of carbonyl (C=O) groups excluding carboxylic acids is 3. The van der Waals surface area contributed by atoms with Crippen LogP contribution in [0.1, 0.15) is 13.3 Å². The van der Waals surface area contributed by atoms with E-state index in [0.717, 1.165) is 11.8 Å². The average Bonchev–Trinajstić information content (AvgIpc) is 3.20. The Bertz CT molecular complexity index is 743. The molecule has 0 saturated heterocycles. The smallest absolute Gasteiger partial charge is 0.321 e. The number of hydrogen-bond acceptors (Lipinski definition) is 7. The van der Waals surface area contributed by atoms with Gasteiger partial charge < -0.3 is 15.5 Å². The molecular weight excluding hydrogens is 348 g/mol. The van der Waals surface area contributed by atoms with Crippen LogP contribution < -0.4 is 16.4 Å². The van der Waals surface area contributed by atoms with E-state index in [2.05, 4.69) is 20.8 Å². The second-order valence-corrected chi connectivity index (χ2v) is 5.79. The summed E-state index contributed by atoms with van der Waals surface area (Å²) < 4.78 is 6.95. The van der Waals surface area contributed by atoms with Crippen molar-refractivity contribution in [3.8, 4) is 11.6 Å². The maximum atomic E-state index is 11.8. The lowest BCUT2D eigenvalue weighted by molar-refractivity contribution is -0.118. The van der Waals surface area contributed by atoms with E-state index in [0.29, 0.717) is 23.3 Å². The third-order valence-corrected chi connectivity index (χ3v) is 3.93. The van der Waals surface area contributed by atoms with Crippen molar-refractivity contribution < 1.29 is 18.8 Å². The molecule has 4 N–H and O–H groups in total. The average molecular weight is 366 g/mol. The molecule has 2 rings (SSSR count). The molecular formula is C14H18N6O4S. The van der Waals surface area contributed by atoms with Gasteiger partial charge in [0, 0.05) is 19.5 Å². The Morgan fingerprint density at radius 1 is 1.36 bits per heavy atom. The van der Waals surface area contributed by atoms with Gasteiger partial charge in [-0.1, -0.05) is 11.8 Å². The quantitative estimate of drug-likeness (QED) is 0.571. The number of hydrogen-bond donors (Lipinski definition) is 3. The first kappa shape index (κ1) is 18.5. The Kier molecular flexibility index (Phi) is 6.57. The van der Waals surface area contributed by atoms with Gasteiger partial charge in [0.05, 0.1) is 12.0 Å². The van der Waals surface area contributed by atoms with Crippen LogP contribution in [0.3, 0.4) is 0 Å². The zero-order chi connectivity index (χ0) is 18.2. The molecule has 0 aliphatic rings. The van der Waals surface area contributed by atoms with Crippen LogP contribution in [0.2, 0.25) is 0 Å². The van der Waals surface area contributed by atoms with E-state index < -0.39 is 17.8 Å². The second-order valence-electron chi connectivity index (χ2n) is 4.85. The Morgan fingerprint density at radius 3 is 2.80 bits per heavy atom. The summed E-state index contributed by atoms with van der Waals surface area (Å²) in [7, 11) is 0. The second kappa shape index (κ2) is 8.87. The lowest BCUT2D eigenvalue weighted by Gasteiger charge is -2.08. The first-order valence-corrected chi connectivity index (χ1v) is 8.45. The molecule has 2 heterocycles. The Hall–Kier alpha value is -2.82. The molecule has 0 aromatic carbocycles. The highest BCUT2D eigenvalue weighted by atomic mass is 32.2. The predicted molar refractivity (Wildman–Crippen MR) is 89.5 cm³/mol. The number of nitrogens with two attached hydrogens (primary N) is 1. The van der Waals surface area contributed by atoms with E-state index in [9.17, 15) is 14.4 Å². The van der Waals surface area contributed by atoms with Crippen molar-refractivity contribution in [2.45, 2.75) is 25.0 Å². The van der Waals surface area contributed by atoms with Crippen molar-refractivity contribution in [3.63, 3.8) is 0 Å². The molecule has 25 heavy (non-hydrogen) atoms. The van der Waals surface area contributed by atoms with Crippen LogP contribution in [-0.2, 0) is 16.1 Å². The highest BCUT2D eigenvalue weighted by Gasteiger charge is 2.18. The number of nitrogens with zero attached hydrogens (tertiary/aromatic N) is 3. The van der Waals surface area contributed by atoms with Gasteiger partial charge in [0.15, 0.2) is 16.7 Å². The molecule has 4 amide bonds. The van der Waals surface area contributed by atoms with Crippen molar-refractivity contribution >= 4 is 29.6 Å². The van der Waals surface area contributed by atoms with Crippen molar-refractivity contribution in [1.29, 1.82) is 0 Å². The van der Waals surface area contributed by atoms with Crippen molar-refractivity contribution in [3.05, 3.63) is 18.4 Å². The number of rotatable bonds is 8. The molecule has 0 unspecified atom stereocenters. The lowest BCUT2D eigenvalue weighted by atomic mass is 10.3. The zero-order valence-electron chi connectivity index (χ0n) is 13.5. The fraction of sp³-hybridized carbons (Fsp3) is 0.357. The van der Waals surface area contributed by atoms with Gasteiger partial charge >= 0.3 is 6.03 Å². The van der Waals surface area contributed by atoms with Crippen LogP contribution in [0.15, 0.2) is 28.0 Å². The van der Waals surface area contributed by atoms with Crippen LogP contribution >= 0.6 is 11.8 Å². The standard InChI is InChI=1S/C14H18N6O4S/c1-2-16-13(23)17-11(22)8-25-14-19-18-12(9-4-3-7-24-9)20(14)6-5-10(15)21/h3-4,7H,2,5-6,8H2,1H3,(H2,15,21)(H2,16,17,22,23). The number of nitrogens with one attached hydrogen (secondary N) is 2. The van der Waals surface area contributed by atoms with Crippen LogP contribution in [0.4, 0.5) is 4.79 Å². The topological polar surface area (TPSA) is 145 Å². The van der Waals surface area contributed by atoms with E-state index in [4.69, 9.17) is 10.2 Å². The molecule has 2 aromatic rings. The third-order valence-electron chi connectivity index (χ3n) is 2.96. The Balaban J connectivity index is 2.07. The highest BCUT2D eigenvalue weighted by molar-refractivity contribution is 7.99. The van der Waals surface area contributed by atoms with Gasteiger partial charge in [-0.3, -0.25) is 19.5 Å². The van der Waals surface area contributed by atoms with Gasteiger partial charge in [0.1, 0.15) is 0 Å². The SMILES string of the molecule is CCNC(=O)NC(=O)CSc1nnc(-c2ccco2)n1CCC(N)=O. The lowest BCUT2D eigenvalue weighted by Crippen LogP contribution is -2.40. The van der Waals surface area contributed by atoms with Crippen molar-refractivity contribution in [2.24, 2.45) is 5.73 Å². The molecule has 0 spiro atoms. The minimum atomic E-state index is -0.556. The van der Waals surface area contributed by atoms with Gasteiger partial charge in [-0.25, -0.2) is 4.79 Å². The van der Waals surface area contributed by atoms with Gasteiger partial charge in [-0.05, 0) is 19.1 Å². The largest absolute Gasteiger partial charge is 0.461 e. The maximum absolute atomic E-state index is 11.8. The molecule has 11 heteroatoms. The first-order chi connectivity index (χ1) is 12.0. The van der Waals surface area contributed by atoms with Gasteiger partial charge in [-0.15, -0.1) is 10.2 Å². The van der Waals surface area contributed by atoms with E-state index >= 15 is 0 Å². The molecule has 2 aromatic heterocycles. The van der Waals surface area contributed by atoms with Gasteiger partial charge in [-0.2, -0.15) is 0 Å². The summed E-state index contributed by atoms with van der Waals surface area (Å²) in [5.41, 5.74) is 5.20. The number of aromatic nitrogens is 3. The van der Waals surface area contributed by atoms with E-state index in [1.165, 1.54) is 6.26 Å². The summed E-state index contributed by atoms with van der Waals surface area (Å²) in [6.45, 7) is 2.41. The minimum Gasteiger partial charge on any atom is -0.461 e. The summed E-state index contributed by atoms with van der Waals surface area (Å²) in [5, 5.41) is 13.1. The number of urea groups is 1. The summed E-state index contributed by atoms with van der Waals surface area (Å²) in [6, 6.07) is 2.86. The van der Waals surface area contributed by atoms with Crippen LogP contribution in [0.25, 0.3) is 11.6 Å². The van der Waals surface area contributed by atoms with Crippen molar-refractivity contribution in [2.75, 3.05) is 12.3 Å². The number of furan rings is 1. The fourth-order valence-electron chi connectivity index (χ4n) is 1.90. The number of amides is 4. The maximum Gasteiger partial charge on any atom is 0.321 e. The molecule has 10 nitrogen and oxygen atoms in total. The summed E-state index contributed by atoms with van der Waals surface area (Å²) in [6.07, 6.45) is 1.58. The Labute approximate surface area is 147 Å². The number of imide groups is 1. The summed E-state index contributed by atoms with van der Waals surface area (Å²) in [4.78, 5) is 34.2.